The molecule has 0 aliphatic carbocycles. The Morgan fingerprint density at radius 2 is 1.81 bits per heavy atom. The molecule has 0 spiro atoms. The van der Waals surface area contributed by atoms with Gasteiger partial charge >= 0.3 is 6.03 Å². The van der Waals surface area contributed by atoms with Crippen LogP contribution in [0.15, 0.2) is 72.8 Å². The van der Waals surface area contributed by atoms with Gasteiger partial charge in [0.15, 0.2) is 0 Å². The fourth-order valence-electron chi connectivity index (χ4n) is 4.39. The van der Waals surface area contributed by atoms with Crippen molar-refractivity contribution in [2.24, 2.45) is 0 Å². The van der Waals surface area contributed by atoms with Gasteiger partial charge in [-0.25, -0.2) is 4.79 Å². The summed E-state index contributed by atoms with van der Waals surface area (Å²) in [5.41, 5.74) is 5.04. The van der Waals surface area contributed by atoms with E-state index in [2.05, 4.69) is 28.5 Å². The predicted octanol–water partition coefficient (Wildman–Crippen LogP) is 6.01. The number of ether oxygens (including phenoxy) is 1. The smallest absolute Gasteiger partial charge is 0.322 e. The second-order valence-electron chi connectivity index (χ2n) is 7.59. The van der Waals surface area contributed by atoms with Gasteiger partial charge in [0.2, 0.25) is 0 Å². The number of aromatic nitrogens is 1. The SMILES string of the molecule is COc1ccccc1NC(=O)N1CCc2c([nH]c3ccccc23)C1c1ccc(Cl)cc1. The van der Waals surface area contributed by atoms with Crippen LogP contribution in [0.5, 0.6) is 5.75 Å². The molecule has 0 fully saturated rings. The number of rotatable bonds is 3. The van der Waals surface area contributed by atoms with E-state index in [0.717, 1.165) is 23.2 Å². The molecule has 5 rings (SSSR count). The zero-order valence-electron chi connectivity index (χ0n) is 17.1. The van der Waals surface area contributed by atoms with Crippen molar-refractivity contribution in [3.8, 4) is 5.75 Å². The largest absolute Gasteiger partial charge is 0.495 e. The van der Waals surface area contributed by atoms with Crippen molar-refractivity contribution in [2.75, 3.05) is 19.0 Å². The van der Waals surface area contributed by atoms with E-state index in [1.54, 1.807) is 7.11 Å². The predicted molar refractivity (Wildman–Crippen MR) is 124 cm³/mol. The van der Waals surface area contributed by atoms with E-state index in [1.807, 2.05) is 59.5 Å². The van der Waals surface area contributed by atoms with E-state index >= 15 is 0 Å². The molecule has 6 heteroatoms. The van der Waals surface area contributed by atoms with Gasteiger partial charge in [0, 0.05) is 28.2 Å². The second-order valence-corrected chi connectivity index (χ2v) is 8.03. The van der Waals surface area contributed by atoms with E-state index in [9.17, 15) is 4.79 Å². The van der Waals surface area contributed by atoms with E-state index < -0.39 is 0 Å². The summed E-state index contributed by atoms with van der Waals surface area (Å²) in [5.74, 6) is 0.627. The van der Waals surface area contributed by atoms with E-state index in [4.69, 9.17) is 16.3 Å². The van der Waals surface area contributed by atoms with Crippen molar-refractivity contribution in [1.29, 1.82) is 0 Å². The number of nitrogens with zero attached hydrogens (tertiary/aromatic N) is 1. The number of anilines is 1. The highest BCUT2D eigenvalue weighted by Gasteiger charge is 2.34. The maximum absolute atomic E-state index is 13.4. The number of halogens is 1. The van der Waals surface area contributed by atoms with Gasteiger partial charge in [-0.05, 0) is 47.9 Å². The first kappa shape index (κ1) is 19.5. The van der Waals surface area contributed by atoms with Crippen LogP contribution >= 0.6 is 11.6 Å². The number of hydrogen-bond acceptors (Lipinski definition) is 2. The summed E-state index contributed by atoms with van der Waals surface area (Å²) in [6, 6.07) is 23.0. The summed E-state index contributed by atoms with van der Waals surface area (Å²) in [7, 11) is 1.60. The summed E-state index contributed by atoms with van der Waals surface area (Å²) in [5, 5.41) is 4.91. The first-order valence-electron chi connectivity index (χ1n) is 10.2. The number of urea groups is 1. The lowest BCUT2D eigenvalue weighted by Crippen LogP contribution is -2.43. The molecule has 31 heavy (non-hydrogen) atoms. The van der Waals surface area contributed by atoms with Gasteiger partial charge < -0.3 is 19.9 Å². The van der Waals surface area contributed by atoms with Gasteiger partial charge in [0.1, 0.15) is 5.75 Å². The minimum atomic E-state index is -0.247. The number of amides is 2. The lowest BCUT2D eigenvalue weighted by Gasteiger charge is -2.36. The third-order valence-electron chi connectivity index (χ3n) is 5.83. The van der Waals surface area contributed by atoms with Crippen LogP contribution in [-0.4, -0.2) is 29.6 Å². The Morgan fingerprint density at radius 1 is 1.06 bits per heavy atom. The summed E-state index contributed by atoms with van der Waals surface area (Å²) >= 11 is 6.14. The molecule has 4 aromatic rings. The molecule has 5 nitrogen and oxygen atoms in total. The number of aromatic amines is 1. The Hall–Kier alpha value is -3.44. The van der Waals surface area contributed by atoms with E-state index in [1.165, 1.54) is 10.9 Å². The molecule has 3 aromatic carbocycles. The fourth-order valence-corrected chi connectivity index (χ4v) is 4.51. The fraction of sp³-hybridized carbons (Fsp3) is 0.160. The Morgan fingerprint density at radius 3 is 2.61 bits per heavy atom. The Bertz CT molecular complexity index is 1250. The normalized spacial score (nSPS) is 15.5. The van der Waals surface area contributed by atoms with Crippen LogP contribution in [0.3, 0.4) is 0 Å². The molecule has 1 atom stereocenters. The number of nitrogens with one attached hydrogen (secondary N) is 2. The summed E-state index contributed by atoms with van der Waals surface area (Å²) in [6.07, 6.45) is 0.781. The average Bonchev–Trinajstić information content (AvgIpc) is 3.18. The molecule has 1 aliphatic rings. The quantitative estimate of drug-likeness (QED) is 0.417. The van der Waals surface area contributed by atoms with Crippen LogP contribution in [0.25, 0.3) is 10.9 Å². The van der Waals surface area contributed by atoms with Crippen LogP contribution in [0, 0.1) is 0 Å². The maximum Gasteiger partial charge on any atom is 0.322 e. The van der Waals surface area contributed by atoms with Crippen molar-refractivity contribution in [3.05, 3.63) is 94.6 Å². The van der Waals surface area contributed by atoms with Gasteiger partial charge in [-0.3, -0.25) is 0 Å². The average molecular weight is 432 g/mol. The zero-order valence-corrected chi connectivity index (χ0v) is 17.8. The van der Waals surface area contributed by atoms with E-state index in [-0.39, 0.29) is 12.1 Å². The highest BCUT2D eigenvalue weighted by molar-refractivity contribution is 6.30. The topological polar surface area (TPSA) is 57.4 Å². The van der Waals surface area contributed by atoms with Gasteiger partial charge in [-0.2, -0.15) is 0 Å². The first-order chi connectivity index (χ1) is 15.2. The van der Waals surface area contributed by atoms with Crippen molar-refractivity contribution < 1.29 is 9.53 Å². The van der Waals surface area contributed by atoms with Crippen molar-refractivity contribution in [2.45, 2.75) is 12.5 Å². The molecule has 1 aliphatic heterocycles. The van der Waals surface area contributed by atoms with Gasteiger partial charge in [0.25, 0.3) is 0 Å². The Kier molecular flexibility index (Phi) is 5.04. The lowest BCUT2D eigenvalue weighted by molar-refractivity contribution is 0.193. The van der Waals surface area contributed by atoms with Gasteiger partial charge in [-0.1, -0.05) is 54.1 Å². The van der Waals surface area contributed by atoms with Crippen LogP contribution in [0.4, 0.5) is 10.5 Å². The highest BCUT2D eigenvalue weighted by Crippen LogP contribution is 2.39. The maximum atomic E-state index is 13.4. The number of carbonyl (C=O) groups is 1. The zero-order chi connectivity index (χ0) is 21.4. The molecule has 1 unspecified atom stereocenters. The highest BCUT2D eigenvalue weighted by atomic mass is 35.5. The third-order valence-corrected chi connectivity index (χ3v) is 6.08. The van der Waals surface area contributed by atoms with Crippen molar-refractivity contribution in [3.63, 3.8) is 0 Å². The molecule has 0 radical (unpaired) electrons. The monoisotopic (exact) mass is 431 g/mol. The summed E-state index contributed by atoms with van der Waals surface area (Å²) in [6.45, 7) is 0.600. The molecular formula is C25H22ClN3O2. The molecule has 0 saturated carbocycles. The summed E-state index contributed by atoms with van der Waals surface area (Å²) in [4.78, 5) is 18.9. The Balaban J connectivity index is 1.57. The lowest BCUT2D eigenvalue weighted by atomic mass is 9.92. The third kappa shape index (κ3) is 3.51. The number of hydrogen-bond donors (Lipinski definition) is 2. The Labute approximate surface area is 185 Å². The number of fused-ring (bicyclic) bond motifs is 3. The molecular weight excluding hydrogens is 410 g/mol. The molecule has 2 heterocycles. The molecule has 2 amide bonds. The van der Waals surface area contributed by atoms with Crippen LogP contribution in [-0.2, 0) is 6.42 Å². The van der Waals surface area contributed by atoms with Crippen LogP contribution < -0.4 is 10.1 Å². The minimum absolute atomic E-state index is 0.172. The van der Waals surface area contributed by atoms with Crippen LogP contribution in [0.2, 0.25) is 5.02 Å². The first-order valence-corrected chi connectivity index (χ1v) is 10.6. The molecule has 2 N–H and O–H groups in total. The number of methoxy groups -OCH3 is 1. The van der Waals surface area contributed by atoms with Crippen molar-refractivity contribution in [1.82, 2.24) is 9.88 Å². The van der Waals surface area contributed by atoms with Gasteiger partial charge in [-0.15, -0.1) is 0 Å². The number of H-pyrrole nitrogens is 1. The molecule has 0 saturated heterocycles. The summed E-state index contributed by atoms with van der Waals surface area (Å²) < 4.78 is 5.40. The van der Waals surface area contributed by atoms with Gasteiger partial charge in [0.05, 0.1) is 18.8 Å². The standard InChI is InChI=1S/C25H22ClN3O2/c1-31-22-9-5-4-8-21(22)28-25(30)29-15-14-19-18-6-2-3-7-20(18)27-23(19)24(29)16-10-12-17(26)13-11-16/h2-13,24,27H,14-15H2,1H3,(H,28,30). The van der Waals surface area contributed by atoms with Crippen LogP contribution in [0.1, 0.15) is 22.9 Å². The minimum Gasteiger partial charge on any atom is -0.495 e. The molecule has 156 valence electrons. The molecule has 1 aromatic heterocycles. The van der Waals surface area contributed by atoms with Crippen molar-refractivity contribution >= 4 is 34.2 Å². The molecule has 0 bridgehead atoms. The number of carbonyl (C=O) groups excluding carboxylic acids is 1. The second kappa shape index (κ2) is 8.00. The number of benzene rings is 3. The van der Waals surface area contributed by atoms with E-state index in [0.29, 0.717) is 23.0 Å². The number of para-hydroxylation sites is 3.